The van der Waals surface area contributed by atoms with Crippen LogP contribution in [0.5, 0.6) is 5.75 Å². The highest BCUT2D eigenvalue weighted by Gasteiger charge is 2.08. The monoisotopic (exact) mass is 328 g/mol. The van der Waals surface area contributed by atoms with Crippen LogP contribution in [0, 0.1) is 13.8 Å². The molecule has 0 heterocycles. The Kier molecular flexibility index (Phi) is 5.20. The summed E-state index contributed by atoms with van der Waals surface area (Å²) in [5.41, 5.74) is 4.10. The Morgan fingerprint density at radius 2 is 1.65 bits per heavy atom. The normalized spacial score (nSPS) is 10.7. The van der Waals surface area contributed by atoms with Gasteiger partial charge >= 0.3 is 0 Å². The summed E-state index contributed by atoms with van der Waals surface area (Å²) in [4.78, 5) is 0. The quantitative estimate of drug-likeness (QED) is 0.632. The molecule has 0 bridgehead atoms. The summed E-state index contributed by atoms with van der Waals surface area (Å²) in [5.74, 6) is 1.37. The molecule has 106 valence electrons. The Morgan fingerprint density at radius 1 is 1.00 bits per heavy atom. The largest absolute Gasteiger partial charge is 0.488 e. The van der Waals surface area contributed by atoms with E-state index in [0.29, 0.717) is 22.5 Å². The van der Waals surface area contributed by atoms with Crippen molar-refractivity contribution in [1.29, 1.82) is 0 Å². The highest BCUT2D eigenvalue weighted by Crippen LogP contribution is 2.28. The van der Waals surface area contributed by atoms with Crippen LogP contribution in [0.15, 0.2) is 30.3 Å². The third-order valence-corrected chi connectivity index (χ3v) is 3.97. The summed E-state index contributed by atoms with van der Waals surface area (Å²) in [6.07, 6.45) is 0. The van der Waals surface area contributed by atoms with Gasteiger partial charge in [-0.15, -0.1) is 11.6 Å². The molecule has 0 saturated carbocycles. The standard InChI is InChI=1S/C16H15Cl3O/c1-10-5-12(8-17)6-11(2)16(10)20-9-13-7-14(18)3-4-15(13)19/h3-7H,8-9H2,1-2H3. The summed E-state index contributed by atoms with van der Waals surface area (Å²) in [6.45, 7) is 4.41. The van der Waals surface area contributed by atoms with Gasteiger partial charge in [0.1, 0.15) is 12.4 Å². The lowest BCUT2D eigenvalue weighted by Crippen LogP contribution is -2.00. The molecule has 0 atom stereocenters. The van der Waals surface area contributed by atoms with Crippen molar-refractivity contribution in [3.63, 3.8) is 0 Å². The third kappa shape index (κ3) is 3.60. The van der Waals surface area contributed by atoms with Crippen molar-refractivity contribution < 1.29 is 4.74 Å². The number of halogens is 3. The van der Waals surface area contributed by atoms with Crippen LogP contribution >= 0.6 is 34.8 Å². The van der Waals surface area contributed by atoms with Crippen LogP contribution in [0.4, 0.5) is 0 Å². The molecule has 0 aliphatic rings. The molecule has 0 aromatic heterocycles. The van der Waals surface area contributed by atoms with Gasteiger partial charge in [0.2, 0.25) is 0 Å². The van der Waals surface area contributed by atoms with E-state index in [1.54, 1.807) is 12.1 Å². The van der Waals surface area contributed by atoms with Gasteiger partial charge in [-0.3, -0.25) is 0 Å². The van der Waals surface area contributed by atoms with E-state index in [0.717, 1.165) is 28.0 Å². The molecular formula is C16H15Cl3O. The van der Waals surface area contributed by atoms with Gasteiger partial charge in [0.15, 0.2) is 0 Å². The van der Waals surface area contributed by atoms with Crippen molar-refractivity contribution in [2.24, 2.45) is 0 Å². The second-order valence-corrected chi connectivity index (χ2v) is 5.83. The zero-order valence-corrected chi connectivity index (χ0v) is 13.6. The SMILES string of the molecule is Cc1cc(CCl)cc(C)c1OCc1cc(Cl)ccc1Cl. The van der Waals surface area contributed by atoms with Crippen LogP contribution < -0.4 is 4.74 Å². The van der Waals surface area contributed by atoms with Crippen molar-refractivity contribution >= 4 is 34.8 Å². The number of hydrogen-bond acceptors (Lipinski definition) is 1. The molecule has 0 spiro atoms. The van der Waals surface area contributed by atoms with E-state index < -0.39 is 0 Å². The fraction of sp³-hybridized carbons (Fsp3) is 0.250. The third-order valence-electron chi connectivity index (χ3n) is 3.05. The molecule has 2 rings (SSSR count). The van der Waals surface area contributed by atoms with Gasteiger partial charge in [-0.05, 0) is 48.7 Å². The smallest absolute Gasteiger partial charge is 0.125 e. The molecule has 0 aliphatic heterocycles. The number of hydrogen-bond donors (Lipinski definition) is 0. The zero-order chi connectivity index (χ0) is 14.7. The van der Waals surface area contributed by atoms with E-state index in [9.17, 15) is 0 Å². The zero-order valence-electron chi connectivity index (χ0n) is 11.3. The Hall–Kier alpha value is -0.890. The maximum Gasteiger partial charge on any atom is 0.125 e. The number of benzene rings is 2. The first-order valence-corrected chi connectivity index (χ1v) is 7.53. The van der Waals surface area contributed by atoms with Crippen LogP contribution in [-0.2, 0) is 12.5 Å². The number of aryl methyl sites for hydroxylation is 2. The molecule has 0 unspecified atom stereocenters. The Morgan fingerprint density at radius 3 is 2.25 bits per heavy atom. The molecule has 1 nitrogen and oxygen atoms in total. The van der Waals surface area contributed by atoms with Crippen molar-refractivity contribution in [3.05, 3.63) is 62.6 Å². The van der Waals surface area contributed by atoms with Crippen molar-refractivity contribution in [2.45, 2.75) is 26.3 Å². The molecule has 0 aliphatic carbocycles. The van der Waals surface area contributed by atoms with E-state index >= 15 is 0 Å². The number of alkyl halides is 1. The lowest BCUT2D eigenvalue weighted by molar-refractivity contribution is 0.302. The Bertz CT molecular complexity index is 600. The Balaban J connectivity index is 2.21. The molecule has 20 heavy (non-hydrogen) atoms. The van der Waals surface area contributed by atoms with Crippen molar-refractivity contribution in [3.8, 4) is 5.75 Å². The first kappa shape index (κ1) is 15.5. The molecule has 2 aromatic carbocycles. The fourth-order valence-electron chi connectivity index (χ4n) is 2.15. The van der Waals surface area contributed by atoms with E-state index in [-0.39, 0.29) is 0 Å². The van der Waals surface area contributed by atoms with Gasteiger partial charge in [-0.25, -0.2) is 0 Å². The van der Waals surface area contributed by atoms with Crippen LogP contribution in [0.3, 0.4) is 0 Å². The van der Waals surface area contributed by atoms with Crippen molar-refractivity contribution in [1.82, 2.24) is 0 Å². The van der Waals surface area contributed by atoms with Gasteiger partial charge in [-0.1, -0.05) is 35.3 Å². The molecule has 0 fully saturated rings. The summed E-state index contributed by atoms with van der Waals surface area (Å²) in [7, 11) is 0. The minimum atomic E-state index is 0.390. The van der Waals surface area contributed by atoms with Crippen molar-refractivity contribution in [2.75, 3.05) is 0 Å². The average molecular weight is 330 g/mol. The van der Waals surface area contributed by atoms with E-state index in [1.807, 2.05) is 32.0 Å². The molecule has 0 saturated heterocycles. The van der Waals surface area contributed by atoms with Crippen LogP contribution in [-0.4, -0.2) is 0 Å². The first-order chi connectivity index (χ1) is 9.51. The first-order valence-electron chi connectivity index (χ1n) is 6.24. The topological polar surface area (TPSA) is 9.23 Å². The molecule has 0 radical (unpaired) electrons. The van der Waals surface area contributed by atoms with E-state index in [4.69, 9.17) is 39.5 Å². The summed E-state index contributed by atoms with van der Waals surface area (Å²) < 4.78 is 5.90. The molecule has 0 amide bonds. The highest BCUT2D eigenvalue weighted by molar-refractivity contribution is 6.33. The average Bonchev–Trinajstić information content (AvgIpc) is 2.41. The van der Waals surface area contributed by atoms with E-state index in [1.165, 1.54) is 0 Å². The molecule has 0 N–H and O–H groups in total. The predicted molar refractivity (Wildman–Crippen MR) is 86.3 cm³/mol. The van der Waals surface area contributed by atoms with Gasteiger partial charge in [-0.2, -0.15) is 0 Å². The summed E-state index contributed by atoms with van der Waals surface area (Å²) in [5, 5.41) is 1.31. The van der Waals surface area contributed by atoms with Gasteiger partial charge < -0.3 is 4.74 Å². The van der Waals surface area contributed by atoms with Gasteiger partial charge in [0, 0.05) is 21.5 Å². The maximum atomic E-state index is 6.13. The number of rotatable bonds is 4. The number of ether oxygens (including phenoxy) is 1. The molecular weight excluding hydrogens is 315 g/mol. The lowest BCUT2D eigenvalue weighted by atomic mass is 10.1. The minimum absolute atomic E-state index is 0.390. The fourth-order valence-corrected chi connectivity index (χ4v) is 2.67. The second-order valence-electron chi connectivity index (χ2n) is 4.72. The lowest BCUT2D eigenvalue weighted by Gasteiger charge is -2.14. The summed E-state index contributed by atoms with van der Waals surface area (Å²) in [6, 6.07) is 9.43. The molecule has 2 aromatic rings. The summed E-state index contributed by atoms with van der Waals surface area (Å²) >= 11 is 18.0. The Labute approximate surface area is 134 Å². The van der Waals surface area contributed by atoms with Crippen LogP contribution in [0.25, 0.3) is 0 Å². The predicted octanol–water partition coefficient (Wildman–Crippen LogP) is 5.93. The molecule has 4 heteroatoms. The highest BCUT2D eigenvalue weighted by atomic mass is 35.5. The second kappa shape index (κ2) is 6.71. The van der Waals surface area contributed by atoms with Crippen LogP contribution in [0.1, 0.15) is 22.3 Å². The van der Waals surface area contributed by atoms with Gasteiger partial charge in [0.25, 0.3) is 0 Å². The van der Waals surface area contributed by atoms with Gasteiger partial charge in [0.05, 0.1) is 0 Å². The maximum absolute atomic E-state index is 6.13. The van der Waals surface area contributed by atoms with Crippen LogP contribution in [0.2, 0.25) is 10.0 Å². The minimum Gasteiger partial charge on any atom is -0.488 e. The van der Waals surface area contributed by atoms with E-state index in [2.05, 4.69) is 0 Å².